The fourth-order valence-electron chi connectivity index (χ4n) is 0.835. The molecule has 0 amide bonds. The molecule has 0 aliphatic rings. The second-order valence-electron chi connectivity index (χ2n) is 2.44. The summed E-state index contributed by atoms with van der Waals surface area (Å²) >= 11 is 0. The summed E-state index contributed by atoms with van der Waals surface area (Å²) in [5, 5.41) is 0. The van der Waals surface area contributed by atoms with Crippen LogP contribution in [0.2, 0.25) is 5.82 Å². The SMILES string of the molecule is BC(CCC)C(=O)OCC. The molecule has 0 aliphatic carbocycles. The van der Waals surface area contributed by atoms with Crippen LogP contribution in [0.25, 0.3) is 0 Å². The zero-order chi connectivity index (χ0) is 7.98. The zero-order valence-electron chi connectivity index (χ0n) is 7.02. The molecular formula is C7H15BO2. The summed E-state index contributed by atoms with van der Waals surface area (Å²) < 4.78 is 4.82. The Morgan fingerprint density at radius 1 is 1.60 bits per heavy atom. The lowest BCUT2D eigenvalue weighted by Crippen LogP contribution is -2.12. The molecule has 0 bridgehead atoms. The average molecular weight is 142 g/mol. The summed E-state index contributed by atoms with van der Waals surface area (Å²) in [6, 6.07) is 0. The molecule has 0 aliphatic heterocycles. The summed E-state index contributed by atoms with van der Waals surface area (Å²) in [4.78, 5) is 10.9. The van der Waals surface area contributed by atoms with Gasteiger partial charge in [0.05, 0.1) is 6.61 Å². The molecule has 0 aromatic carbocycles. The molecule has 0 fully saturated rings. The number of ether oxygens (including phenoxy) is 1. The highest BCUT2D eigenvalue weighted by atomic mass is 16.5. The number of hydrogen-bond acceptors (Lipinski definition) is 2. The Labute approximate surface area is 63.4 Å². The number of rotatable bonds is 4. The molecule has 0 spiro atoms. The molecule has 0 aromatic rings. The predicted molar refractivity (Wildman–Crippen MR) is 43.8 cm³/mol. The molecule has 1 atom stereocenters. The van der Waals surface area contributed by atoms with Crippen molar-refractivity contribution in [3.8, 4) is 0 Å². The van der Waals surface area contributed by atoms with Gasteiger partial charge in [0.25, 0.3) is 0 Å². The van der Waals surface area contributed by atoms with Gasteiger partial charge in [0.1, 0.15) is 7.85 Å². The van der Waals surface area contributed by atoms with E-state index in [0.717, 1.165) is 12.8 Å². The van der Waals surface area contributed by atoms with Gasteiger partial charge in [-0.2, -0.15) is 0 Å². The monoisotopic (exact) mass is 142 g/mol. The van der Waals surface area contributed by atoms with Gasteiger partial charge in [-0.15, -0.1) is 0 Å². The number of esters is 1. The molecule has 0 radical (unpaired) electrons. The highest BCUT2D eigenvalue weighted by Gasteiger charge is 2.11. The van der Waals surface area contributed by atoms with Crippen molar-refractivity contribution in [3.63, 3.8) is 0 Å². The van der Waals surface area contributed by atoms with Crippen LogP contribution in [-0.2, 0) is 9.53 Å². The summed E-state index contributed by atoms with van der Waals surface area (Å²) in [5.74, 6) is 0.00861. The van der Waals surface area contributed by atoms with Gasteiger partial charge in [-0.3, -0.25) is 4.79 Å². The van der Waals surface area contributed by atoms with Crippen molar-refractivity contribution in [1.29, 1.82) is 0 Å². The minimum absolute atomic E-state index is 0.0654. The summed E-state index contributed by atoms with van der Waals surface area (Å²) in [7, 11) is 1.90. The average Bonchev–Trinajstić information content (AvgIpc) is 1.89. The Morgan fingerprint density at radius 3 is 2.60 bits per heavy atom. The maximum absolute atomic E-state index is 10.9. The zero-order valence-corrected chi connectivity index (χ0v) is 7.02. The first-order chi connectivity index (χ1) is 4.72. The molecule has 0 saturated carbocycles. The van der Waals surface area contributed by atoms with E-state index >= 15 is 0 Å². The van der Waals surface area contributed by atoms with Gasteiger partial charge in [-0.25, -0.2) is 0 Å². The molecule has 3 heteroatoms. The van der Waals surface area contributed by atoms with Crippen LogP contribution in [0.1, 0.15) is 26.7 Å². The van der Waals surface area contributed by atoms with Crippen molar-refractivity contribution < 1.29 is 9.53 Å². The topological polar surface area (TPSA) is 26.3 Å². The van der Waals surface area contributed by atoms with E-state index in [-0.39, 0.29) is 11.8 Å². The maximum Gasteiger partial charge on any atom is 0.300 e. The summed E-state index contributed by atoms with van der Waals surface area (Å²) in [6.07, 6.45) is 1.97. The Morgan fingerprint density at radius 2 is 2.20 bits per heavy atom. The van der Waals surface area contributed by atoms with Crippen LogP contribution < -0.4 is 0 Å². The van der Waals surface area contributed by atoms with E-state index < -0.39 is 0 Å². The van der Waals surface area contributed by atoms with E-state index in [1.54, 1.807) is 0 Å². The molecule has 58 valence electrons. The van der Waals surface area contributed by atoms with Crippen molar-refractivity contribution in [2.75, 3.05) is 6.61 Å². The number of hydrogen-bond donors (Lipinski definition) is 0. The second-order valence-corrected chi connectivity index (χ2v) is 2.44. The molecule has 0 rings (SSSR count). The molecule has 0 saturated heterocycles. The van der Waals surface area contributed by atoms with Gasteiger partial charge in [-0.1, -0.05) is 13.3 Å². The second kappa shape index (κ2) is 5.33. The Bertz CT molecular complexity index is 104. The highest BCUT2D eigenvalue weighted by Crippen LogP contribution is 2.09. The van der Waals surface area contributed by atoms with Crippen LogP contribution >= 0.6 is 0 Å². The fourth-order valence-corrected chi connectivity index (χ4v) is 0.835. The van der Waals surface area contributed by atoms with Gasteiger partial charge in [0.2, 0.25) is 0 Å². The van der Waals surface area contributed by atoms with Crippen molar-refractivity contribution in [2.24, 2.45) is 0 Å². The van der Waals surface area contributed by atoms with Crippen LogP contribution in [0.4, 0.5) is 0 Å². The third-order valence-corrected chi connectivity index (χ3v) is 1.41. The fraction of sp³-hybridized carbons (Fsp3) is 0.857. The van der Waals surface area contributed by atoms with Crippen molar-refractivity contribution in [1.82, 2.24) is 0 Å². The van der Waals surface area contributed by atoms with E-state index in [0.29, 0.717) is 6.61 Å². The first-order valence-corrected chi connectivity index (χ1v) is 3.89. The standard InChI is InChI=1S/C7H15BO2/c1-3-5-6(8)7(9)10-4-2/h6H,3-5,8H2,1-2H3. The molecule has 2 nitrogen and oxygen atoms in total. The Balaban J connectivity index is 3.49. The van der Waals surface area contributed by atoms with E-state index in [1.165, 1.54) is 0 Å². The first-order valence-electron chi connectivity index (χ1n) is 3.89. The van der Waals surface area contributed by atoms with Crippen LogP contribution in [0.5, 0.6) is 0 Å². The highest BCUT2D eigenvalue weighted by molar-refractivity contribution is 6.22. The molecule has 0 N–H and O–H groups in total. The van der Waals surface area contributed by atoms with Crippen molar-refractivity contribution in [2.45, 2.75) is 32.5 Å². The third-order valence-electron chi connectivity index (χ3n) is 1.41. The van der Waals surface area contributed by atoms with Gasteiger partial charge >= 0.3 is 5.97 Å². The quantitative estimate of drug-likeness (QED) is 0.428. The van der Waals surface area contributed by atoms with Gasteiger partial charge in [-0.05, 0) is 13.3 Å². The minimum atomic E-state index is -0.0654. The smallest absolute Gasteiger partial charge is 0.300 e. The first kappa shape index (κ1) is 9.53. The minimum Gasteiger partial charge on any atom is -0.466 e. The molecule has 0 heterocycles. The lowest BCUT2D eigenvalue weighted by molar-refractivity contribution is -0.143. The van der Waals surface area contributed by atoms with E-state index in [4.69, 9.17) is 4.74 Å². The largest absolute Gasteiger partial charge is 0.466 e. The Kier molecular flexibility index (Phi) is 5.08. The molecule has 0 aromatic heterocycles. The van der Waals surface area contributed by atoms with Gasteiger partial charge in [0.15, 0.2) is 0 Å². The van der Waals surface area contributed by atoms with Crippen LogP contribution in [0.3, 0.4) is 0 Å². The molecule has 1 unspecified atom stereocenters. The molecular weight excluding hydrogens is 127 g/mol. The predicted octanol–water partition coefficient (Wildman–Crippen LogP) is 0.771. The van der Waals surface area contributed by atoms with E-state index in [2.05, 4.69) is 6.92 Å². The lowest BCUT2D eigenvalue weighted by atomic mass is 9.84. The van der Waals surface area contributed by atoms with Crippen molar-refractivity contribution >= 4 is 13.8 Å². The number of carbonyl (C=O) groups excluding carboxylic acids is 1. The van der Waals surface area contributed by atoms with Crippen LogP contribution in [0, 0.1) is 0 Å². The van der Waals surface area contributed by atoms with Gasteiger partial charge < -0.3 is 4.74 Å². The Hall–Kier alpha value is -0.465. The molecule has 10 heavy (non-hydrogen) atoms. The third kappa shape index (κ3) is 3.54. The van der Waals surface area contributed by atoms with E-state index in [9.17, 15) is 4.79 Å². The van der Waals surface area contributed by atoms with Gasteiger partial charge in [0, 0.05) is 5.82 Å². The summed E-state index contributed by atoms with van der Waals surface area (Å²) in [6.45, 7) is 4.39. The summed E-state index contributed by atoms with van der Waals surface area (Å²) in [5.41, 5.74) is 0. The number of carbonyl (C=O) groups is 1. The van der Waals surface area contributed by atoms with E-state index in [1.807, 2.05) is 14.8 Å². The normalized spacial score (nSPS) is 12.6. The van der Waals surface area contributed by atoms with Crippen molar-refractivity contribution in [3.05, 3.63) is 0 Å². The van der Waals surface area contributed by atoms with Crippen LogP contribution in [-0.4, -0.2) is 20.4 Å². The van der Waals surface area contributed by atoms with Crippen LogP contribution in [0.15, 0.2) is 0 Å². The lowest BCUT2D eigenvalue weighted by Gasteiger charge is -2.07. The maximum atomic E-state index is 10.9.